The van der Waals surface area contributed by atoms with Crippen molar-refractivity contribution in [2.45, 2.75) is 40.2 Å². The number of carbonyl (C=O) groups is 1. The lowest BCUT2D eigenvalue weighted by molar-refractivity contribution is -0.135. The van der Waals surface area contributed by atoms with E-state index in [1.807, 2.05) is 50.1 Å². The van der Waals surface area contributed by atoms with Crippen LogP contribution in [0.4, 0.5) is 11.8 Å². The zero-order valence-corrected chi connectivity index (χ0v) is 17.2. The number of nitrogens with one attached hydrogen (secondary N) is 1. The first-order valence-corrected chi connectivity index (χ1v) is 10.3. The zero-order chi connectivity index (χ0) is 19.9. The molecule has 1 amide bonds. The Hall–Kier alpha value is -2.63. The van der Waals surface area contributed by atoms with Crippen LogP contribution in [-0.2, 0) is 11.3 Å². The second kappa shape index (κ2) is 9.53. The van der Waals surface area contributed by atoms with Crippen molar-refractivity contribution in [1.29, 1.82) is 0 Å². The molecule has 0 saturated carbocycles. The number of amides is 1. The molecule has 3 rings (SSSR count). The van der Waals surface area contributed by atoms with E-state index in [0.29, 0.717) is 12.5 Å². The van der Waals surface area contributed by atoms with Crippen molar-refractivity contribution < 1.29 is 4.79 Å². The lowest BCUT2D eigenvalue weighted by Crippen LogP contribution is -2.45. The van der Waals surface area contributed by atoms with Crippen LogP contribution in [0.2, 0.25) is 0 Å². The average Bonchev–Trinajstić information content (AvgIpc) is 2.75. The van der Waals surface area contributed by atoms with E-state index in [-0.39, 0.29) is 11.8 Å². The lowest BCUT2D eigenvalue weighted by Gasteiger charge is -2.34. The second-order valence-corrected chi connectivity index (χ2v) is 7.34. The van der Waals surface area contributed by atoms with Gasteiger partial charge in [-0.25, -0.2) is 4.98 Å². The summed E-state index contributed by atoms with van der Waals surface area (Å²) in [4.78, 5) is 26.2. The first-order chi connectivity index (χ1) is 13.6. The minimum Gasteiger partial charge on any atom is -0.366 e. The first-order valence-electron chi connectivity index (χ1n) is 10.3. The molecule has 1 N–H and O–H groups in total. The summed E-state index contributed by atoms with van der Waals surface area (Å²) in [6.45, 7) is 9.92. The van der Waals surface area contributed by atoms with Crippen molar-refractivity contribution in [3.8, 4) is 0 Å². The first kappa shape index (κ1) is 20.1. The summed E-state index contributed by atoms with van der Waals surface area (Å²) in [7, 11) is 0. The maximum Gasteiger partial charge on any atom is 0.227 e. The fourth-order valence-electron chi connectivity index (χ4n) is 3.70. The fraction of sp³-hybridized carbons (Fsp3) is 0.500. The Morgan fingerprint density at radius 3 is 2.71 bits per heavy atom. The number of hydrogen-bond acceptors (Lipinski definition) is 5. The van der Waals surface area contributed by atoms with Gasteiger partial charge >= 0.3 is 0 Å². The van der Waals surface area contributed by atoms with E-state index < -0.39 is 0 Å². The number of aromatic nitrogens is 2. The topological polar surface area (TPSA) is 61.4 Å². The summed E-state index contributed by atoms with van der Waals surface area (Å²) < 4.78 is 0. The zero-order valence-electron chi connectivity index (χ0n) is 17.2. The molecule has 1 aromatic heterocycles. The molecule has 2 heterocycles. The van der Waals surface area contributed by atoms with E-state index in [9.17, 15) is 4.79 Å². The van der Waals surface area contributed by atoms with E-state index in [1.54, 1.807) is 0 Å². The third-order valence-corrected chi connectivity index (χ3v) is 5.39. The molecular weight excluding hydrogens is 350 g/mol. The van der Waals surface area contributed by atoms with Gasteiger partial charge in [0.2, 0.25) is 11.9 Å². The minimum atomic E-state index is 0.0271. The molecule has 1 saturated heterocycles. The van der Waals surface area contributed by atoms with Crippen molar-refractivity contribution in [3.05, 3.63) is 47.7 Å². The number of piperidine rings is 1. The Morgan fingerprint density at radius 2 is 2.00 bits per heavy atom. The second-order valence-electron chi connectivity index (χ2n) is 7.34. The Kier molecular flexibility index (Phi) is 6.85. The van der Waals surface area contributed by atoms with Gasteiger partial charge in [0, 0.05) is 44.5 Å². The van der Waals surface area contributed by atoms with E-state index in [2.05, 4.69) is 27.3 Å². The number of anilines is 2. The predicted molar refractivity (Wildman–Crippen MR) is 113 cm³/mol. The van der Waals surface area contributed by atoms with Gasteiger partial charge in [-0.1, -0.05) is 30.3 Å². The molecule has 6 nitrogen and oxygen atoms in total. The van der Waals surface area contributed by atoms with E-state index in [4.69, 9.17) is 4.98 Å². The monoisotopic (exact) mass is 381 g/mol. The van der Waals surface area contributed by atoms with Gasteiger partial charge < -0.3 is 15.1 Å². The van der Waals surface area contributed by atoms with Crippen molar-refractivity contribution in [2.75, 3.05) is 36.4 Å². The highest BCUT2D eigenvalue weighted by Crippen LogP contribution is 2.24. The Bertz CT molecular complexity index is 776. The number of aryl methyl sites for hydroxylation is 1. The number of nitrogens with zero attached hydrogens (tertiary/aromatic N) is 4. The normalized spacial score (nSPS) is 16.7. The van der Waals surface area contributed by atoms with Crippen molar-refractivity contribution in [3.63, 3.8) is 0 Å². The molecule has 1 unspecified atom stereocenters. The summed E-state index contributed by atoms with van der Waals surface area (Å²) in [5.41, 5.74) is 2.23. The Balaban J connectivity index is 1.69. The number of rotatable bonds is 7. The molecule has 1 aliphatic heterocycles. The standard InChI is InChI=1S/C22H31N5O/c1-4-26(5-2)21(28)19-12-9-13-27(16-19)22-24-14-17(3)20(25-22)23-15-18-10-7-6-8-11-18/h6-8,10-11,14,19H,4-5,9,12-13,15-16H2,1-3H3,(H,23,24,25). The van der Waals surface area contributed by atoms with Gasteiger partial charge in [0.05, 0.1) is 5.92 Å². The summed E-state index contributed by atoms with van der Waals surface area (Å²) in [5.74, 6) is 1.84. The molecule has 1 aromatic carbocycles. The van der Waals surface area contributed by atoms with Crippen LogP contribution in [0.15, 0.2) is 36.5 Å². The van der Waals surface area contributed by atoms with Gasteiger partial charge in [-0.2, -0.15) is 4.98 Å². The maximum atomic E-state index is 12.8. The van der Waals surface area contributed by atoms with E-state index in [1.165, 1.54) is 5.56 Å². The molecule has 0 aliphatic carbocycles. The number of hydrogen-bond donors (Lipinski definition) is 1. The van der Waals surface area contributed by atoms with Crippen molar-refractivity contribution >= 4 is 17.7 Å². The highest BCUT2D eigenvalue weighted by Gasteiger charge is 2.29. The quantitative estimate of drug-likeness (QED) is 0.796. The van der Waals surface area contributed by atoms with Crippen LogP contribution in [0.1, 0.15) is 37.8 Å². The summed E-state index contributed by atoms with van der Waals surface area (Å²) >= 11 is 0. The largest absolute Gasteiger partial charge is 0.366 e. The predicted octanol–water partition coefficient (Wildman–Crippen LogP) is 3.48. The molecule has 2 aromatic rings. The highest BCUT2D eigenvalue weighted by molar-refractivity contribution is 5.79. The molecule has 6 heteroatoms. The van der Waals surface area contributed by atoms with Gasteiger partial charge in [-0.3, -0.25) is 4.79 Å². The molecule has 0 spiro atoms. The lowest BCUT2D eigenvalue weighted by atomic mass is 9.96. The average molecular weight is 382 g/mol. The number of benzene rings is 1. The fourth-order valence-corrected chi connectivity index (χ4v) is 3.70. The van der Waals surface area contributed by atoms with Gasteiger partial charge in [0.15, 0.2) is 0 Å². The molecule has 0 radical (unpaired) electrons. The van der Waals surface area contributed by atoms with Crippen LogP contribution in [0.25, 0.3) is 0 Å². The third kappa shape index (κ3) is 4.80. The van der Waals surface area contributed by atoms with Crippen LogP contribution in [0, 0.1) is 12.8 Å². The Morgan fingerprint density at radius 1 is 1.25 bits per heavy atom. The summed E-state index contributed by atoms with van der Waals surface area (Å²) in [5, 5.41) is 3.43. The SMILES string of the molecule is CCN(CC)C(=O)C1CCCN(c2ncc(C)c(NCc3ccccc3)n2)C1. The molecule has 0 bridgehead atoms. The van der Waals surface area contributed by atoms with E-state index >= 15 is 0 Å². The van der Waals surface area contributed by atoms with Gasteiger partial charge in [0.1, 0.15) is 5.82 Å². The molecule has 1 aliphatic rings. The molecule has 1 fully saturated rings. The van der Waals surface area contributed by atoms with Crippen LogP contribution in [0.3, 0.4) is 0 Å². The van der Waals surface area contributed by atoms with Crippen molar-refractivity contribution in [2.24, 2.45) is 5.92 Å². The molecule has 28 heavy (non-hydrogen) atoms. The van der Waals surface area contributed by atoms with Crippen LogP contribution in [0.5, 0.6) is 0 Å². The maximum absolute atomic E-state index is 12.8. The molecule has 150 valence electrons. The van der Waals surface area contributed by atoms with Gasteiger partial charge in [-0.05, 0) is 39.2 Å². The summed E-state index contributed by atoms with van der Waals surface area (Å²) in [6.07, 6.45) is 3.80. The van der Waals surface area contributed by atoms with Crippen LogP contribution < -0.4 is 10.2 Å². The highest BCUT2D eigenvalue weighted by atomic mass is 16.2. The van der Waals surface area contributed by atoms with Crippen LogP contribution >= 0.6 is 0 Å². The van der Waals surface area contributed by atoms with Gasteiger partial charge in [-0.15, -0.1) is 0 Å². The number of carbonyl (C=O) groups excluding carboxylic acids is 1. The minimum absolute atomic E-state index is 0.0271. The van der Waals surface area contributed by atoms with Crippen LogP contribution in [-0.4, -0.2) is 47.0 Å². The van der Waals surface area contributed by atoms with Crippen molar-refractivity contribution in [1.82, 2.24) is 14.9 Å². The Labute approximate surface area is 168 Å². The third-order valence-electron chi connectivity index (χ3n) is 5.39. The van der Waals surface area contributed by atoms with Gasteiger partial charge in [0.25, 0.3) is 0 Å². The molecule has 1 atom stereocenters. The molecular formula is C22H31N5O. The van der Waals surface area contributed by atoms with E-state index in [0.717, 1.165) is 50.4 Å². The summed E-state index contributed by atoms with van der Waals surface area (Å²) in [6, 6.07) is 10.3. The smallest absolute Gasteiger partial charge is 0.227 e.